The summed E-state index contributed by atoms with van der Waals surface area (Å²) in [4.78, 5) is 12.7. The number of alkyl halides is 3. The quantitative estimate of drug-likeness (QED) is 0.177. The van der Waals surface area contributed by atoms with Gasteiger partial charge in [0.05, 0.1) is 11.6 Å². The first-order valence-corrected chi connectivity index (χ1v) is 14.6. The van der Waals surface area contributed by atoms with Gasteiger partial charge >= 0.3 is 6.18 Å². The number of carbonyl (C=O) groups is 1. The fourth-order valence-corrected chi connectivity index (χ4v) is 4.85. The van der Waals surface area contributed by atoms with Gasteiger partial charge in [0.2, 0.25) is 0 Å². The van der Waals surface area contributed by atoms with Crippen molar-refractivity contribution >= 4 is 5.91 Å². The normalized spacial score (nSPS) is 12.3. The smallest absolute Gasteiger partial charge is 0.352 e. The van der Waals surface area contributed by atoms with Crippen molar-refractivity contribution < 1.29 is 18.0 Å². The number of hydrogen-bond donors (Lipinski definition) is 1. The van der Waals surface area contributed by atoms with Gasteiger partial charge in [0.1, 0.15) is 0 Å². The van der Waals surface area contributed by atoms with Gasteiger partial charge in [-0.1, -0.05) is 113 Å². The maximum Gasteiger partial charge on any atom is 0.416 e. The molecule has 3 rings (SSSR count). The Balaban J connectivity index is 1.43. The lowest BCUT2D eigenvalue weighted by atomic mass is 9.96. The summed E-state index contributed by atoms with van der Waals surface area (Å²) in [5, 5.41) is 3.04. The van der Waals surface area contributed by atoms with Crippen LogP contribution in [-0.4, -0.2) is 12.5 Å². The second-order valence-electron chi connectivity index (χ2n) is 10.6. The van der Waals surface area contributed by atoms with Crippen molar-refractivity contribution in [2.45, 2.75) is 89.8 Å². The van der Waals surface area contributed by atoms with Crippen LogP contribution in [0.25, 0.3) is 11.1 Å². The van der Waals surface area contributed by atoms with Crippen molar-refractivity contribution in [2.75, 3.05) is 6.54 Å². The summed E-state index contributed by atoms with van der Waals surface area (Å²) in [6.07, 6.45) is 8.64. The number of carbonyl (C=O) groups excluding carboxylic acids is 1. The molecule has 0 fully saturated rings. The van der Waals surface area contributed by atoms with Crippen LogP contribution < -0.4 is 11.1 Å². The molecule has 0 spiro atoms. The Morgan fingerprint density at radius 2 is 1.38 bits per heavy atom. The van der Waals surface area contributed by atoms with Crippen LogP contribution in [-0.2, 0) is 12.6 Å². The zero-order valence-corrected chi connectivity index (χ0v) is 23.5. The van der Waals surface area contributed by atoms with Crippen LogP contribution in [0.2, 0.25) is 0 Å². The molecule has 1 radical (unpaired) electrons. The molecule has 0 aliphatic heterocycles. The van der Waals surface area contributed by atoms with E-state index in [-0.39, 0.29) is 5.91 Å². The molecular weight excluding hydrogens is 509 g/mol. The molecule has 3 nitrogen and oxygen atoms in total. The Bertz CT molecular complexity index is 1160. The zero-order chi connectivity index (χ0) is 28.8. The molecule has 1 amide bonds. The molecule has 0 aromatic heterocycles. The highest BCUT2D eigenvalue weighted by atomic mass is 19.4. The van der Waals surface area contributed by atoms with Crippen LogP contribution >= 0.6 is 0 Å². The van der Waals surface area contributed by atoms with E-state index in [0.29, 0.717) is 24.1 Å². The molecule has 0 saturated heterocycles. The molecule has 2 N–H and O–H groups in total. The molecule has 3 aromatic carbocycles. The van der Waals surface area contributed by atoms with E-state index in [2.05, 4.69) is 12.2 Å². The fraction of sp³-hybridized carbons (Fsp3) is 0.441. The second kappa shape index (κ2) is 16.2. The van der Waals surface area contributed by atoms with Gasteiger partial charge in [-0.2, -0.15) is 13.2 Å². The van der Waals surface area contributed by atoms with Gasteiger partial charge in [0, 0.05) is 12.1 Å². The fourth-order valence-electron chi connectivity index (χ4n) is 4.85. The summed E-state index contributed by atoms with van der Waals surface area (Å²) in [6, 6.07) is 19.5. The molecule has 0 saturated carbocycles. The lowest BCUT2D eigenvalue weighted by Gasteiger charge is -2.13. The Hall–Kier alpha value is -3.12. The van der Waals surface area contributed by atoms with Crippen LogP contribution in [0.1, 0.15) is 104 Å². The van der Waals surface area contributed by atoms with Gasteiger partial charge in [0.15, 0.2) is 0 Å². The molecule has 6 heteroatoms. The largest absolute Gasteiger partial charge is 0.416 e. The molecule has 0 aliphatic carbocycles. The van der Waals surface area contributed by atoms with E-state index in [0.717, 1.165) is 41.7 Å². The highest BCUT2D eigenvalue weighted by Gasteiger charge is 2.30. The van der Waals surface area contributed by atoms with Crippen molar-refractivity contribution in [3.8, 4) is 11.1 Å². The highest BCUT2D eigenvalue weighted by molar-refractivity contribution is 5.95. The average molecular weight is 552 g/mol. The molecule has 1 atom stereocenters. The monoisotopic (exact) mass is 551 g/mol. The molecule has 1 unspecified atom stereocenters. The average Bonchev–Trinajstić information content (AvgIpc) is 2.96. The van der Waals surface area contributed by atoms with E-state index in [1.807, 2.05) is 48.5 Å². The molecule has 40 heavy (non-hydrogen) atoms. The van der Waals surface area contributed by atoms with Crippen LogP contribution in [0.5, 0.6) is 0 Å². The van der Waals surface area contributed by atoms with Crippen LogP contribution in [0, 0.1) is 0 Å². The van der Waals surface area contributed by atoms with Gasteiger partial charge in [-0.05, 0) is 59.4 Å². The minimum Gasteiger partial charge on any atom is -0.352 e. The third-order valence-corrected chi connectivity index (χ3v) is 7.31. The summed E-state index contributed by atoms with van der Waals surface area (Å²) in [5.74, 6) is -0.0667. The van der Waals surface area contributed by atoms with Gasteiger partial charge in [-0.15, -0.1) is 0 Å². The van der Waals surface area contributed by atoms with Crippen molar-refractivity contribution in [2.24, 2.45) is 0 Å². The molecule has 215 valence electrons. The van der Waals surface area contributed by atoms with Crippen molar-refractivity contribution in [1.29, 1.82) is 0 Å². The van der Waals surface area contributed by atoms with E-state index >= 15 is 0 Å². The maximum atomic E-state index is 12.8. The number of amides is 1. The minimum atomic E-state index is -4.38. The first-order chi connectivity index (χ1) is 19.3. The Labute approximate surface area is 237 Å². The van der Waals surface area contributed by atoms with Crippen molar-refractivity contribution in [1.82, 2.24) is 11.1 Å². The van der Waals surface area contributed by atoms with Crippen molar-refractivity contribution in [3.05, 3.63) is 95.1 Å². The second-order valence-corrected chi connectivity index (χ2v) is 10.6. The number of benzene rings is 3. The lowest BCUT2D eigenvalue weighted by molar-refractivity contribution is -0.137. The standard InChI is InChI=1S/C34H42F3N2O/c1-2-3-4-5-6-7-8-9-10-11-23-39-33(40)30-14-12-13-29(25-30)27-17-15-26(16-18-27)24-32(38)28-19-21-31(22-20-28)34(35,36)37/h12-22,25,32,38H,2-11,23-24H2,1H3,(H,39,40). The van der Waals surface area contributed by atoms with Crippen LogP contribution in [0.4, 0.5) is 13.2 Å². The van der Waals surface area contributed by atoms with Gasteiger partial charge in [-0.25, -0.2) is 5.73 Å². The molecular formula is C34H42F3N2O. The highest BCUT2D eigenvalue weighted by Crippen LogP contribution is 2.30. The number of nitrogens with one attached hydrogen (secondary N) is 2. The molecule has 0 bridgehead atoms. The molecule has 3 aromatic rings. The van der Waals surface area contributed by atoms with Gasteiger partial charge in [-0.3, -0.25) is 4.79 Å². The third kappa shape index (κ3) is 10.5. The summed E-state index contributed by atoms with van der Waals surface area (Å²) < 4.78 is 38.4. The first kappa shape index (κ1) is 31.4. The number of hydrogen-bond acceptors (Lipinski definition) is 1. The lowest BCUT2D eigenvalue weighted by Crippen LogP contribution is -2.24. The SMILES string of the molecule is CCCCCCCCCCCCNC(=O)c1cccc(-c2ccc(CC([NH])c3ccc(C(F)(F)F)cc3)cc2)c1. The van der Waals surface area contributed by atoms with Crippen molar-refractivity contribution in [3.63, 3.8) is 0 Å². The van der Waals surface area contributed by atoms with Gasteiger partial charge < -0.3 is 5.32 Å². The van der Waals surface area contributed by atoms with Gasteiger partial charge in [0.25, 0.3) is 5.91 Å². The van der Waals surface area contributed by atoms with E-state index in [1.165, 1.54) is 63.5 Å². The predicted octanol–water partition coefficient (Wildman–Crippen LogP) is 9.59. The van der Waals surface area contributed by atoms with E-state index in [9.17, 15) is 18.0 Å². The summed E-state index contributed by atoms with van der Waals surface area (Å²) in [7, 11) is 0. The summed E-state index contributed by atoms with van der Waals surface area (Å²) in [6.45, 7) is 2.92. The summed E-state index contributed by atoms with van der Waals surface area (Å²) >= 11 is 0. The van der Waals surface area contributed by atoms with E-state index in [4.69, 9.17) is 5.73 Å². The Morgan fingerprint density at radius 3 is 1.98 bits per heavy atom. The van der Waals surface area contributed by atoms with E-state index in [1.54, 1.807) is 0 Å². The number of unbranched alkanes of at least 4 members (excludes halogenated alkanes) is 9. The molecule has 0 aliphatic rings. The zero-order valence-electron chi connectivity index (χ0n) is 23.5. The Morgan fingerprint density at radius 1 is 0.775 bits per heavy atom. The van der Waals surface area contributed by atoms with Crippen LogP contribution in [0.15, 0.2) is 72.8 Å². The minimum absolute atomic E-state index is 0.0667. The first-order valence-electron chi connectivity index (χ1n) is 14.6. The predicted molar refractivity (Wildman–Crippen MR) is 157 cm³/mol. The third-order valence-electron chi connectivity index (χ3n) is 7.31. The van der Waals surface area contributed by atoms with Crippen LogP contribution in [0.3, 0.4) is 0 Å². The number of rotatable bonds is 16. The number of halogens is 3. The van der Waals surface area contributed by atoms with E-state index < -0.39 is 17.8 Å². The summed E-state index contributed by atoms with van der Waals surface area (Å²) in [5.41, 5.74) is 11.7. The maximum absolute atomic E-state index is 12.8. The Kier molecular flexibility index (Phi) is 12.7. The topological polar surface area (TPSA) is 52.9 Å². The molecule has 0 heterocycles.